The molecule has 3 aromatic rings. The minimum Gasteiger partial charge on any atom is -0.493 e. The van der Waals surface area contributed by atoms with E-state index in [-0.39, 0.29) is 6.79 Å². The van der Waals surface area contributed by atoms with E-state index in [4.69, 9.17) is 25.8 Å². The number of benzene rings is 2. The van der Waals surface area contributed by atoms with E-state index in [1.807, 2.05) is 36.4 Å². The molecule has 0 saturated heterocycles. The summed E-state index contributed by atoms with van der Waals surface area (Å²) in [5.41, 5.74) is 5.50. The quantitative estimate of drug-likeness (QED) is 0.564. The summed E-state index contributed by atoms with van der Waals surface area (Å²) in [7, 11) is 1.59. The van der Waals surface area contributed by atoms with Crippen LogP contribution in [0.25, 0.3) is 10.9 Å². The van der Waals surface area contributed by atoms with E-state index in [2.05, 4.69) is 15.5 Å². The number of hydrazone groups is 1. The standard InChI is InChI=1S/C18H14ClN3O3/c1-23-16-6-11(7-17-18(16)25-10-24-17)9-21-22-14-4-5-20-15-8-12(19)2-3-13(14)15/h2-9H,10H2,1H3,(H,20,22)/b21-9-. The average Bonchev–Trinajstić information content (AvgIpc) is 3.09. The van der Waals surface area contributed by atoms with Crippen LogP contribution in [0, 0.1) is 0 Å². The van der Waals surface area contributed by atoms with Gasteiger partial charge in [0.15, 0.2) is 11.5 Å². The second-order valence-corrected chi connectivity index (χ2v) is 5.78. The van der Waals surface area contributed by atoms with E-state index < -0.39 is 0 Å². The SMILES string of the molecule is COc1cc(/C=N\Nc2ccnc3cc(Cl)ccc23)cc2c1OCO2. The lowest BCUT2D eigenvalue weighted by Crippen LogP contribution is -1.94. The molecule has 0 saturated carbocycles. The van der Waals surface area contributed by atoms with Crippen molar-refractivity contribution in [3.8, 4) is 17.2 Å². The molecule has 0 atom stereocenters. The molecular formula is C18H14ClN3O3. The summed E-state index contributed by atoms with van der Waals surface area (Å²) in [6.45, 7) is 0.191. The third-order valence-electron chi connectivity index (χ3n) is 3.78. The van der Waals surface area contributed by atoms with Gasteiger partial charge in [-0.25, -0.2) is 0 Å². The van der Waals surface area contributed by atoms with Gasteiger partial charge in [-0.15, -0.1) is 0 Å². The number of pyridine rings is 1. The van der Waals surface area contributed by atoms with Gasteiger partial charge in [-0.3, -0.25) is 10.4 Å². The van der Waals surface area contributed by atoms with E-state index in [0.29, 0.717) is 22.3 Å². The van der Waals surface area contributed by atoms with Crippen molar-refractivity contribution < 1.29 is 14.2 Å². The summed E-state index contributed by atoms with van der Waals surface area (Å²) in [4.78, 5) is 4.31. The Morgan fingerprint density at radius 3 is 3.04 bits per heavy atom. The lowest BCUT2D eigenvalue weighted by Gasteiger charge is -2.07. The number of fused-ring (bicyclic) bond motifs is 2. The Kier molecular flexibility index (Phi) is 4.03. The second-order valence-electron chi connectivity index (χ2n) is 5.35. The Labute approximate surface area is 149 Å². The molecule has 1 aliphatic heterocycles. The molecule has 0 aliphatic carbocycles. The fourth-order valence-corrected chi connectivity index (χ4v) is 2.79. The molecule has 7 heteroatoms. The summed E-state index contributed by atoms with van der Waals surface area (Å²) in [6, 6.07) is 11.1. The van der Waals surface area contributed by atoms with Gasteiger partial charge in [0.05, 0.1) is 24.5 Å². The van der Waals surface area contributed by atoms with Crippen LogP contribution in [0.5, 0.6) is 17.2 Å². The Balaban J connectivity index is 1.60. The zero-order valence-corrected chi connectivity index (χ0v) is 14.1. The number of ether oxygens (including phenoxy) is 3. The smallest absolute Gasteiger partial charge is 0.231 e. The van der Waals surface area contributed by atoms with Crippen molar-refractivity contribution in [2.45, 2.75) is 0 Å². The van der Waals surface area contributed by atoms with Crippen molar-refractivity contribution in [1.29, 1.82) is 0 Å². The lowest BCUT2D eigenvalue weighted by atomic mass is 10.2. The van der Waals surface area contributed by atoms with Crippen molar-refractivity contribution >= 4 is 34.4 Å². The first-order chi connectivity index (χ1) is 12.2. The molecule has 0 bridgehead atoms. The molecule has 1 N–H and O–H groups in total. The summed E-state index contributed by atoms with van der Waals surface area (Å²) in [5, 5.41) is 5.88. The topological polar surface area (TPSA) is 65.0 Å². The number of halogens is 1. The highest BCUT2D eigenvalue weighted by Crippen LogP contribution is 2.41. The molecule has 0 fully saturated rings. The van der Waals surface area contributed by atoms with Gasteiger partial charge >= 0.3 is 0 Å². The van der Waals surface area contributed by atoms with Gasteiger partial charge < -0.3 is 14.2 Å². The fourth-order valence-electron chi connectivity index (χ4n) is 2.62. The number of nitrogens with zero attached hydrogens (tertiary/aromatic N) is 2. The molecule has 126 valence electrons. The maximum Gasteiger partial charge on any atom is 0.231 e. The van der Waals surface area contributed by atoms with E-state index >= 15 is 0 Å². The number of methoxy groups -OCH3 is 1. The molecule has 6 nitrogen and oxygen atoms in total. The summed E-state index contributed by atoms with van der Waals surface area (Å²) < 4.78 is 16.1. The number of rotatable bonds is 4. The second kappa shape index (κ2) is 6.49. The molecule has 0 spiro atoms. The van der Waals surface area contributed by atoms with Gasteiger partial charge in [-0.1, -0.05) is 11.6 Å². The monoisotopic (exact) mass is 355 g/mol. The zero-order chi connectivity index (χ0) is 17.2. The molecule has 2 aromatic carbocycles. The van der Waals surface area contributed by atoms with Crippen LogP contribution in [-0.4, -0.2) is 25.1 Å². The number of anilines is 1. The third-order valence-corrected chi connectivity index (χ3v) is 4.02. The van der Waals surface area contributed by atoms with Gasteiger partial charge in [-0.05, 0) is 36.4 Å². The van der Waals surface area contributed by atoms with Gasteiger partial charge in [0.25, 0.3) is 0 Å². The Hall–Kier alpha value is -2.99. The molecule has 0 amide bonds. The van der Waals surface area contributed by atoms with Crippen LogP contribution in [0.3, 0.4) is 0 Å². The molecule has 1 aromatic heterocycles. The molecule has 25 heavy (non-hydrogen) atoms. The van der Waals surface area contributed by atoms with Crippen LogP contribution in [0.1, 0.15) is 5.56 Å². The predicted octanol–water partition coefficient (Wildman–Crippen LogP) is 4.07. The van der Waals surface area contributed by atoms with E-state index in [9.17, 15) is 0 Å². The molecule has 4 rings (SSSR count). The molecule has 1 aliphatic rings. The first kappa shape index (κ1) is 15.5. The molecular weight excluding hydrogens is 342 g/mol. The Bertz CT molecular complexity index is 975. The largest absolute Gasteiger partial charge is 0.493 e. The fraction of sp³-hybridized carbons (Fsp3) is 0.111. The van der Waals surface area contributed by atoms with Crippen molar-refractivity contribution in [3.05, 3.63) is 53.2 Å². The van der Waals surface area contributed by atoms with Gasteiger partial charge in [0.1, 0.15) is 0 Å². The van der Waals surface area contributed by atoms with Crippen molar-refractivity contribution in [2.24, 2.45) is 5.10 Å². The number of hydrogen-bond acceptors (Lipinski definition) is 6. The van der Waals surface area contributed by atoms with Gasteiger partial charge in [0, 0.05) is 22.2 Å². The van der Waals surface area contributed by atoms with Crippen LogP contribution < -0.4 is 19.6 Å². The van der Waals surface area contributed by atoms with Crippen LogP contribution in [0.4, 0.5) is 5.69 Å². The van der Waals surface area contributed by atoms with Crippen LogP contribution in [-0.2, 0) is 0 Å². The number of nitrogens with one attached hydrogen (secondary N) is 1. The summed E-state index contributed by atoms with van der Waals surface area (Å²) in [6.07, 6.45) is 3.40. The highest BCUT2D eigenvalue weighted by Gasteiger charge is 2.19. The van der Waals surface area contributed by atoms with Crippen LogP contribution >= 0.6 is 11.6 Å². The first-order valence-electron chi connectivity index (χ1n) is 7.55. The normalized spacial score (nSPS) is 12.7. The molecule has 2 heterocycles. The maximum absolute atomic E-state index is 6.01. The number of hydrogen-bond donors (Lipinski definition) is 1. The highest BCUT2D eigenvalue weighted by molar-refractivity contribution is 6.31. The molecule has 0 unspecified atom stereocenters. The van der Waals surface area contributed by atoms with E-state index in [0.717, 1.165) is 22.2 Å². The Morgan fingerprint density at radius 1 is 1.24 bits per heavy atom. The minimum atomic E-state index is 0.191. The van der Waals surface area contributed by atoms with E-state index in [1.165, 1.54) is 0 Å². The Morgan fingerprint density at radius 2 is 2.16 bits per heavy atom. The molecule has 0 radical (unpaired) electrons. The predicted molar refractivity (Wildman–Crippen MR) is 97.1 cm³/mol. The van der Waals surface area contributed by atoms with Gasteiger partial charge in [0.2, 0.25) is 12.5 Å². The maximum atomic E-state index is 6.01. The minimum absolute atomic E-state index is 0.191. The summed E-state index contributed by atoms with van der Waals surface area (Å²) in [5.74, 6) is 1.87. The van der Waals surface area contributed by atoms with Crippen LogP contribution in [0.2, 0.25) is 5.02 Å². The average molecular weight is 356 g/mol. The zero-order valence-electron chi connectivity index (χ0n) is 13.3. The van der Waals surface area contributed by atoms with Crippen LogP contribution in [0.15, 0.2) is 47.7 Å². The first-order valence-corrected chi connectivity index (χ1v) is 7.93. The number of aromatic nitrogens is 1. The summed E-state index contributed by atoms with van der Waals surface area (Å²) >= 11 is 6.01. The highest BCUT2D eigenvalue weighted by atomic mass is 35.5. The lowest BCUT2D eigenvalue weighted by molar-refractivity contribution is 0.171. The van der Waals surface area contributed by atoms with Crippen molar-refractivity contribution in [1.82, 2.24) is 4.98 Å². The third kappa shape index (κ3) is 3.04. The van der Waals surface area contributed by atoms with E-state index in [1.54, 1.807) is 19.5 Å². The van der Waals surface area contributed by atoms with Crippen molar-refractivity contribution in [3.63, 3.8) is 0 Å². The van der Waals surface area contributed by atoms with Crippen molar-refractivity contribution in [2.75, 3.05) is 19.3 Å². The van der Waals surface area contributed by atoms with Gasteiger partial charge in [-0.2, -0.15) is 5.10 Å².